The highest BCUT2D eigenvalue weighted by molar-refractivity contribution is 7.99. The fourth-order valence-corrected chi connectivity index (χ4v) is 3.38. The second-order valence-corrected chi connectivity index (χ2v) is 6.64. The summed E-state index contributed by atoms with van der Waals surface area (Å²) in [6.45, 7) is 4.44. The molecule has 1 aromatic carbocycles. The van der Waals surface area contributed by atoms with Gasteiger partial charge in [-0.25, -0.2) is 0 Å². The van der Waals surface area contributed by atoms with E-state index in [4.69, 9.17) is 5.73 Å². The van der Waals surface area contributed by atoms with Crippen molar-refractivity contribution >= 4 is 29.3 Å². The maximum atomic E-state index is 12.5. The predicted octanol–water partition coefficient (Wildman–Crippen LogP) is 2.37. The van der Waals surface area contributed by atoms with Gasteiger partial charge in [-0.3, -0.25) is 9.59 Å². The number of rotatable bonds is 5. The second kappa shape index (κ2) is 7.15. The van der Waals surface area contributed by atoms with Gasteiger partial charge in [0.05, 0.1) is 11.2 Å². The van der Waals surface area contributed by atoms with Crippen LogP contribution in [0.2, 0.25) is 0 Å². The summed E-state index contributed by atoms with van der Waals surface area (Å²) in [5.74, 6) is 0.592. The van der Waals surface area contributed by atoms with Gasteiger partial charge < -0.3 is 16.4 Å². The Morgan fingerprint density at radius 2 is 2.14 bits per heavy atom. The molecule has 1 aromatic rings. The van der Waals surface area contributed by atoms with Crippen LogP contribution in [0.4, 0.5) is 5.69 Å². The van der Waals surface area contributed by atoms with Crippen molar-refractivity contribution in [1.82, 2.24) is 5.32 Å². The third kappa shape index (κ3) is 3.62. The number of hydrogen-bond donors (Lipinski definition) is 3. The molecule has 2 rings (SSSR count). The van der Waals surface area contributed by atoms with E-state index < -0.39 is 0 Å². The molecule has 22 heavy (non-hydrogen) atoms. The van der Waals surface area contributed by atoms with Crippen LogP contribution in [0.15, 0.2) is 23.1 Å². The summed E-state index contributed by atoms with van der Waals surface area (Å²) in [6.07, 6.45) is 2.05. The van der Waals surface area contributed by atoms with Crippen molar-refractivity contribution in [3.63, 3.8) is 0 Å². The highest BCUT2D eigenvalue weighted by atomic mass is 32.2. The Bertz CT molecular complexity index is 562. The molecule has 0 saturated carbocycles. The maximum Gasteiger partial charge on any atom is 0.251 e. The Kier molecular flexibility index (Phi) is 5.47. The first-order valence-electron chi connectivity index (χ1n) is 7.63. The van der Waals surface area contributed by atoms with E-state index in [0.717, 1.165) is 23.5 Å². The zero-order valence-corrected chi connectivity index (χ0v) is 13.9. The van der Waals surface area contributed by atoms with E-state index in [1.54, 1.807) is 23.9 Å². The van der Waals surface area contributed by atoms with E-state index in [1.807, 2.05) is 19.9 Å². The van der Waals surface area contributed by atoms with Gasteiger partial charge in [0.1, 0.15) is 0 Å². The van der Waals surface area contributed by atoms with E-state index in [0.29, 0.717) is 24.2 Å². The Morgan fingerprint density at radius 1 is 1.41 bits per heavy atom. The second-order valence-electron chi connectivity index (χ2n) is 5.50. The van der Waals surface area contributed by atoms with Crippen molar-refractivity contribution in [2.75, 3.05) is 17.6 Å². The van der Waals surface area contributed by atoms with E-state index >= 15 is 0 Å². The lowest BCUT2D eigenvalue weighted by Gasteiger charge is -2.31. The summed E-state index contributed by atoms with van der Waals surface area (Å²) < 4.78 is 0. The van der Waals surface area contributed by atoms with E-state index in [2.05, 4.69) is 10.6 Å². The Hall–Kier alpha value is -1.53. The van der Waals surface area contributed by atoms with Crippen molar-refractivity contribution in [2.45, 2.75) is 43.5 Å². The molecule has 2 amide bonds. The van der Waals surface area contributed by atoms with Crippen LogP contribution in [0.5, 0.6) is 0 Å². The Labute approximate surface area is 135 Å². The number of benzene rings is 1. The molecule has 4 N–H and O–H groups in total. The first-order valence-corrected chi connectivity index (χ1v) is 8.61. The lowest BCUT2D eigenvalue weighted by Crippen LogP contribution is -2.52. The lowest BCUT2D eigenvalue weighted by atomic mass is 9.92. The van der Waals surface area contributed by atoms with Gasteiger partial charge in [0.15, 0.2) is 0 Å². The minimum absolute atomic E-state index is 0.0118. The molecule has 0 aromatic heterocycles. The number of anilines is 1. The van der Waals surface area contributed by atoms with E-state index in [1.165, 1.54) is 0 Å². The van der Waals surface area contributed by atoms with Crippen LogP contribution < -0.4 is 16.4 Å². The molecule has 1 aliphatic heterocycles. The number of hydrogen-bond acceptors (Lipinski definition) is 4. The predicted molar refractivity (Wildman–Crippen MR) is 90.2 cm³/mol. The topological polar surface area (TPSA) is 84.2 Å². The molecule has 1 aliphatic rings. The molecule has 0 spiro atoms. The van der Waals surface area contributed by atoms with Gasteiger partial charge in [-0.15, -0.1) is 11.8 Å². The van der Waals surface area contributed by atoms with Gasteiger partial charge in [0.25, 0.3) is 5.91 Å². The van der Waals surface area contributed by atoms with Gasteiger partial charge in [-0.1, -0.05) is 13.8 Å². The quantitative estimate of drug-likeness (QED) is 0.777. The van der Waals surface area contributed by atoms with Crippen LogP contribution >= 0.6 is 11.8 Å². The van der Waals surface area contributed by atoms with Crippen molar-refractivity contribution in [2.24, 2.45) is 5.73 Å². The summed E-state index contributed by atoms with van der Waals surface area (Å²) in [5.41, 5.74) is 6.71. The molecule has 0 atom stereocenters. The molecule has 0 aliphatic carbocycles. The zero-order chi connectivity index (χ0) is 16.2. The number of amides is 2. The molecule has 0 saturated heterocycles. The monoisotopic (exact) mass is 321 g/mol. The molecule has 5 nitrogen and oxygen atoms in total. The number of nitrogens with one attached hydrogen (secondary N) is 2. The molecule has 0 bridgehead atoms. The largest absolute Gasteiger partial charge is 0.345 e. The summed E-state index contributed by atoms with van der Waals surface area (Å²) in [5, 5.41) is 5.90. The normalized spacial score (nSPS) is 14.8. The highest BCUT2D eigenvalue weighted by Crippen LogP contribution is 2.31. The van der Waals surface area contributed by atoms with Gasteiger partial charge >= 0.3 is 0 Å². The van der Waals surface area contributed by atoms with Gasteiger partial charge in [0, 0.05) is 29.2 Å². The van der Waals surface area contributed by atoms with Crippen LogP contribution in [-0.4, -0.2) is 29.7 Å². The third-order valence-electron chi connectivity index (χ3n) is 4.23. The van der Waals surface area contributed by atoms with Gasteiger partial charge in [-0.2, -0.15) is 0 Å². The molecule has 120 valence electrons. The van der Waals surface area contributed by atoms with Crippen LogP contribution in [0.25, 0.3) is 0 Å². The van der Waals surface area contributed by atoms with Crippen molar-refractivity contribution in [3.05, 3.63) is 23.8 Å². The molecule has 0 unspecified atom stereocenters. The molecular weight excluding hydrogens is 298 g/mol. The van der Waals surface area contributed by atoms with Crippen molar-refractivity contribution in [1.29, 1.82) is 0 Å². The van der Waals surface area contributed by atoms with Crippen molar-refractivity contribution < 1.29 is 9.59 Å². The van der Waals surface area contributed by atoms with E-state index in [-0.39, 0.29) is 17.4 Å². The maximum absolute atomic E-state index is 12.5. The summed E-state index contributed by atoms with van der Waals surface area (Å²) in [6, 6.07) is 5.43. The number of thioether (sulfide) groups is 1. The fourth-order valence-electron chi connectivity index (χ4n) is 2.44. The number of fused-ring (bicyclic) bond motifs is 1. The minimum atomic E-state index is -0.373. The summed E-state index contributed by atoms with van der Waals surface area (Å²) in [4.78, 5) is 25.2. The average Bonchev–Trinajstić information content (AvgIpc) is 2.72. The molecule has 0 fully saturated rings. The minimum Gasteiger partial charge on any atom is -0.345 e. The number of nitrogens with two attached hydrogens (primary N) is 1. The van der Waals surface area contributed by atoms with Crippen molar-refractivity contribution in [3.8, 4) is 0 Å². The molecular formula is C16H23N3O2S. The smallest absolute Gasteiger partial charge is 0.251 e. The fraction of sp³-hybridized carbons (Fsp3) is 0.500. The third-order valence-corrected chi connectivity index (χ3v) is 5.30. The lowest BCUT2D eigenvalue weighted by molar-refractivity contribution is -0.115. The number of carbonyl (C=O) groups is 2. The summed E-state index contributed by atoms with van der Waals surface area (Å²) in [7, 11) is 0. The first-order chi connectivity index (χ1) is 10.5. The van der Waals surface area contributed by atoms with E-state index in [9.17, 15) is 9.59 Å². The molecule has 1 heterocycles. The first kappa shape index (κ1) is 16.8. The average molecular weight is 321 g/mol. The SMILES string of the molecule is CCC(CC)(CN)NC(=O)c1ccc2c(c1)NC(=O)CCS2. The number of carbonyl (C=O) groups excluding carboxylic acids is 2. The Morgan fingerprint density at radius 3 is 2.77 bits per heavy atom. The summed E-state index contributed by atoms with van der Waals surface area (Å²) >= 11 is 1.63. The van der Waals surface area contributed by atoms with Crippen LogP contribution in [0.3, 0.4) is 0 Å². The van der Waals surface area contributed by atoms with Gasteiger partial charge in [-0.05, 0) is 31.0 Å². The van der Waals surface area contributed by atoms with Crippen LogP contribution in [0, 0.1) is 0 Å². The van der Waals surface area contributed by atoms with Crippen LogP contribution in [-0.2, 0) is 4.79 Å². The van der Waals surface area contributed by atoms with Crippen LogP contribution in [0.1, 0.15) is 43.5 Å². The highest BCUT2D eigenvalue weighted by Gasteiger charge is 2.27. The Balaban J connectivity index is 2.22. The van der Waals surface area contributed by atoms with Gasteiger partial charge in [0.2, 0.25) is 5.91 Å². The molecule has 6 heteroatoms. The zero-order valence-electron chi connectivity index (χ0n) is 13.1. The standard InChI is InChI=1S/C16H23N3O2S/c1-3-16(4-2,10-17)19-15(21)11-5-6-13-12(9-11)18-14(20)7-8-22-13/h5-6,9H,3-4,7-8,10,17H2,1-2H3,(H,18,20)(H,19,21). The molecule has 0 radical (unpaired) electrons.